The summed E-state index contributed by atoms with van der Waals surface area (Å²) >= 11 is 6.42. The van der Waals surface area contributed by atoms with E-state index in [9.17, 15) is 0 Å². The van der Waals surface area contributed by atoms with Gasteiger partial charge in [0.25, 0.3) is 0 Å². The molecule has 1 aromatic rings. The zero-order chi connectivity index (χ0) is 15.1. The molecule has 0 spiro atoms. The van der Waals surface area contributed by atoms with Crippen LogP contribution in [0.15, 0.2) is 0 Å². The van der Waals surface area contributed by atoms with E-state index in [1.54, 1.807) is 0 Å². The van der Waals surface area contributed by atoms with E-state index in [0.717, 1.165) is 49.1 Å². The van der Waals surface area contributed by atoms with Crippen LogP contribution in [0.25, 0.3) is 0 Å². The Balaban J connectivity index is 2.74. The fourth-order valence-corrected chi connectivity index (χ4v) is 2.48. The molecule has 0 radical (unpaired) electrons. The Bertz CT molecular complexity index is 404. The third kappa shape index (κ3) is 4.47. The van der Waals surface area contributed by atoms with Crippen molar-refractivity contribution >= 4 is 11.6 Å². The minimum Gasteiger partial charge on any atom is -0.380 e. The predicted molar refractivity (Wildman–Crippen MR) is 84.2 cm³/mol. The highest BCUT2D eigenvalue weighted by Gasteiger charge is 2.17. The molecule has 1 aromatic heterocycles. The van der Waals surface area contributed by atoms with Crippen LogP contribution in [0.5, 0.6) is 0 Å². The maximum Gasteiger partial charge on any atom is 0.0863 e. The van der Waals surface area contributed by atoms with Crippen molar-refractivity contribution < 1.29 is 4.74 Å². The molecule has 0 saturated carbocycles. The number of ether oxygens (including phenoxy) is 1. The monoisotopic (exact) mass is 301 g/mol. The molecule has 1 N–H and O–H groups in total. The van der Waals surface area contributed by atoms with Crippen molar-refractivity contribution in [3.63, 3.8) is 0 Å². The molecular formula is C15H28ClN3O. The molecule has 1 rings (SSSR count). The van der Waals surface area contributed by atoms with E-state index in [1.165, 1.54) is 0 Å². The van der Waals surface area contributed by atoms with E-state index in [4.69, 9.17) is 16.3 Å². The molecule has 0 bridgehead atoms. The average molecular weight is 302 g/mol. The molecule has 1 atom stereocenters. The first-order chi connectivity index (χ1) is 9.54. The molecule has 0 fully saturated rings. The summed E-state index contributed by atoms with van der Waals surface area (Å²) in [5, 5.41) is 8.90. The smallest absolute Gasteiger partial charge is 0.0863 e. The SMILES string of the molecule is CCOCC(NCc1c(Cl)c(CC)nn1CC)C(C)C. The molecule has 0 aromatic carbocycles. The van der Waals surface area contributed by atoms with Gasteiger partial charge >= 0.3 is 0 Å². The summed E-state index contributed by atoms with van der Waals surface area (Å²) in [6, 6.07) is 0.330. The maximum absolute atomic E-state index is 6.42. The maximum atomic E-state index is 6.42. The van der Waals surface area contributed by atoms with Gasteiger partial charge in [0, 0.05) is 25.7 Å². The summed E-state index contributed by atoms with van der Waals surface area (Å²) < 4.78 is 7.53. The highest BCUT2D eigenvalue weighted by molar-refractivity contribution is 6.31. The van der Waals surface area contributed by atoms with Crippen LogP contribution in [0.2, 0.25) is 5.02 Å². The average Bonchev–Trinajstić information content (AvgIpc) is 2.74. The van der Waals surface area contributed by atoms with Crippen molar-refractivity contribution in [2.24, 2.45) is 5.92 Å². The number of rotatable bonds is 9. The first-order valence-corrected chi connectivity index (χ1v) is 7.97. The van der Waals surface area contributed by atoms with Gasteiger partial charge in [-0.3, -0.25) is 4.68 Å². The lowest BCUT2D eigenvalue weighted by Gasteiger charge is -2.22. The van der Waals surface area contributed by atoms with E-state index in [1.807, 2.05) is 11.6 Å². The van der Waals surface area contributed by atoms with Gasteiger partial charge in [-0.2, -0.15) is 5.10 Å². The first-order valence-electron chi connectivity index (χ1n) is 7.60. The van der Waals surface area contributed by atoms with Gasteiger partial charge in [-0.15, -0.1) is 0 Å². The number of hydrogen-bond donors (Lipinski definition) is 1. The predicted octanol–water partition coefficient (Wildman–Crippen LogP) is 3.27. The second-order valence-electron chi connectivity index (χ2n) is 5.27. The van der Waals surface area contributed by atoms with Crippen molar-refractivity contribution in [2.45, 2.75) is 60.2 Å². The van der Waals surface area contributed by atoms with Crippen molar-refractivity contribution in [1.82, 2.24) is 15.1 Å². The van der Waals surface area contributed by atoms with Crippen LogP contribution in [0, 0.1) is 5.92 Å². The lowest BCUT2D eigenvalue weighted by molar-refractivity contribution is 0.107. The van der Waals surface area contributed by atoms with E-state index in [2.05, 4.69) is 38.1 Å². The summed E-state index contributed by atoms with van der Waals surface area (Å²) in [7, 11) is 0. The number of aryl methyl sites for hydroxylation is 2. The van der Waals surface area contributed by atoms with E-state index >= 15 is 0 Å². The third-order valence-corrected chi connectivity index (χ3v) is 3.97. The molecule has 0 amide bonds. The fourth-order valence-electron chi connectivity index (χ4n) is 2.15. The third-order valence-electron chi connectivity index (χ3n) is 3.53. The highest BCUT2D eigenvalue weighted by atomic mass is 35.5. The van der Waals surface area contributed by atoms with Gasteiger partial charge in [-0.25, -0.2) is 0 Å². The Morgan fingerprint density at radius 2 is 2.00 bits per heavy atom. The normalized spacial score (nSPS) is 13.2. The Hall–Kier alpha value is -0.580. The summed E-state index contributed by atoms with van der Waals surface area (Å²) in [5.74, 6) is 0.518. The number of nitrogens with one attached hydrogen (secondary N) is 1. The first kappa shape index (κ1) is 17.5. The lowest BCUT2D eigenvalue weighted by Crippen LogP contribution is -2.38. The van der Waals surface area contributed by atoms with Crippen LogP contribution in [0.1, 0.15) is 46.0 Å². The molecule has 1 unspecified atom stereocenters. The van der Waals surface area contributed by atoms with Crippen molar-refractivity contribution in [3.05, 3.63) is 16.4 Å². The fraction of sp³-hybridized carbons (Fsp3) is 0.800. The van der Waals surface area contributed by atoms with Gasteiger partial charge in [0.2, 0.25) is 0 Å². The topological polar surface area (TPSA) is 39.1 Å². The summed E-state index contributed by atoms with van der Waals surface area (Å²) in [6.07, 6.45) is 0.866. The molecule has 0 aliphatic heterocycles. The van der Waals surface area contributed by atoms with Crippen LogP contribution >= 0.6 is 11.6 Å². The van der Waals surface area contributed by atoms with Crippen molar-refractivity contribution in [2.75, 3.05) is 13.2 Å². The van der Waals surface area contributed by atoms with Crippen LogP contribution < -0.4 is 5.32 Å². The Labute approximate surface area is 127 Å². The molecule has 0 aliphatic carbocycles. The largest absolute Gasteiger partial charge is 0.380 e. The molecule has 1 heterocycles. The van der Waals surface area contributed by atoms with Crippen molar-refractivity contribution in [3.8, 4) is 0 Å². The lowest BCUT2D eigenvalue weighted by atomic mass is 10.1. The summed E-state index contributed by atoms with van der Waals surface area (Å²) in [4.78, 5) is 0. The van der Waals surface area contributed by atoms with E-state index < -0.39 is 0 Å². The molecule has 116 valence electrons. The summed E-state index contributed by atoms with van der Waals surface area (Å²) in [5.41, 5.74) is 2.06. The van der Waals surface area contributed by atoms with E-state index in [0.29, 0.717) is 12.0 Å². The Morgan fingerprint density at radius 1 is 1.30 bits per heavy atom. The second-order valence-corrected chi connectivity index (χ2v) is 5.65. The van der Waals surface area contributed by atoms with Crippen LogP contribution in [0.4, 0.5) is 0 Å². The minimum absolute atomic E-state index is 0.330. The van der Waals surface area contributed by atoms with Gasteiger partial charge in [-0.1, -0.05) is 32.4 Å². The van der Waals surface area contributed by atoms with Gasteiger partial charge in [0.05, 0.1) is 23.0 Å². The minimum atomic E-state index is 0.330. The zero-order valence-electron chi connectivity index (χ0n) is 13.4. The molecule has 4 nitrogen and oxygen atoms in total. The number of aromatic nitrogens is 2. The molecular weight excluding hydrogens is 274 g/mol. The molecule has 20 heavy (non-hydrogen) atoms. The van der Waals surface area contributed by atoms with E-state index in [-0.39, 0.29) is 0 Å². The standard InChI is InChI=1S/C15H28ClN3O/c1-6-12-15(16)14(19(7-2)18-12)9-17-13(11(4)5)10-20-8-3/h11,13,17H,6-10H2,1-5H3. The number of nitrogens with zero attached hydrogens (tertiary/aromatic N) is 2. The number of hydrogen-bond acceptors (Lipinski definition) is 3. The molecule has 5 heteroatoms. The number of halogens is 1. The summed E-state index contributed by atoms with van der Waals surface area (Å²) in [6.45, 7) is 13.6. The van der Waals surface area contributed by atoms with Gasteiger partial charge in [0.1, 0.15) is 0 Å². The quantitative estimate of drug-likeness (QED) is 0.761. The van der Waals surface area contributed by atoms with Gasteiger partial charge < -0.3 is 10.1 Å². The van der Waals surface area contributed by atoms with Crippen LogP contribution in [0.3, 0.4) is 0 Å². The molecule has 0 saturated heterocycles. The van der Waals surface area contributed by atoms with Crippen LogP contribution in [-0.4, -0.2) is 29.0 Å². The van der Waals surface area contributed by atoms with Crippen LogP contribution in [-0.2, 0) is 24.2 Å². The Morgan fingerprint density at radius 3 is 2.50 bits per heavy atom. The van der Waals surface area contributed by atoms with Crippen molar-refractivity contribution in [1.29, 1.82) is 0 Å². The zero-order valence-corrected chi connectivity index (χ0v) is 14.1. The highest BCUT2D eigenvalue weighted by Crippen LogP contribution is 2.21. The Kier molecular flexibility index (Phi) is 7.56. The molecule has 0 aliphatic rings. The van der Waals surface area contributed by atoms with Gasteiger partial charge in [0.15, 0.2) is 0 Å². The van der Waals surface area contributed by atoms with Gasteiger partial charge in [-0.05, 0) is 26.2 Å². The second kappa shape index (κ2) is 8.65.